The number of rotatable bonds is 6. The van der Waals surface area contributed by atoms with Crippen molar-refractivity contribution in [1.29, 1.82) is 0 Å². The Morgan fingerprint density at radius 1 is 1.26 bits per heavy atom. The standard InChI is InChI=1S/C16H21NO2/c18-16(19)11-17(15-6-7-15)9-8-12-4-5-13-2-1-3-14(13)10-12/h4-5,10,15H,1-3,6-9,11H2,(H,18,19). The van der Waals surface area contributed by atoms with Crippen LogP contribution >= 0.6 is 0 Å². The Hall–Kier alpha value is -1.35. The Balaban J connectivity index is 1.59. The molecular formula is C16H21NO2. The molecule has 3 heteroatoms. The highest BCUT2D eigenvalue weighted by Crippen LogP contribution is 2.27. The van der Waals surface area contributed by atoms with Crippen molar-refractivity contribution in [3.63, 3.8) is 0 Å². The van der Waals surface area contributed by atoms with Crippen LogP contribution in [0.5, 0.6) is 0 Å². The minimum atomic E-state index is -0.708. The first-order valence-electron chi connectivity index (χ1n) is 7.29. The number of hydrogen-bond donors (Lipinski definition) is 1. The Bertz CT molecular complexity index is 480. The van der Waals surface area contributed by atoms with Crippen molar-refractivity contribution in [3.8, 4) is 0 Å². The third-order valence-electron chi connectivity index (χ3n) is 4.25. The van der Waals surface area contributed by atoms with Crippen LogP contribution in [0.1, 0.15) is 36.0 Å². The maximum absolute atomic E-state index is 10.9. The topological polar surface area (TPSA) is 40.5 Å². The summed E-state index contributed by atoms with van der Waals surface area (Å²) in [5.74, 6) is -0.708. The van der Waals surface area contributed by atoms with E-state index in [1.807, 2.05) is 0 Å². The molecule has 1 aromatic carbocycles. The van der Waals surface area contributed by atoms with E-state index in [0.717, 1.165) is 25.8 Å². The first-order valence-corrected chi connectivity index (χ1v) is 7.29. The third-order valence-corrected chi connectivity index (χ3v) is 4.25. The predicted octanol–water partition coefficient (Wildman–Crippen LogP) is 2.27. The second-order valence-electron chi connectivity index (χ2n) is 5.80. The molecule has 2 aliphatic carbocycles. The van der Waals surface area contributed by atoms with Crippen LogP contribution in [0.25, 0.3) is 0 Å². The van der Waals surface area contributed by atoms with E-state index < -0.39 is 5.97 Å². The smallest absolute Gasteiger partial charge is 0.317 e. The van der Waals surface area contributed by atoms with Crippen molar-refractivity contribution in [3.05, 3.63) is 34.9 Å². The number of carbonyl (C=O) groups is 1. The molecule has 1 N–H and O–H groups in total. The predicted molar refractivity (Wildman–Crippen MR) is 74.4 cm³/mol. The number of carboxylic acids is 1. The lowest BCUT2D eigenvalue weighted by Crippen LogP contribution is -2.33. The van der Waals surface area contributed by atoms with Gasteiger partial charge in [-0.15, -0.1) is 0 Å². The lowest BCUT2D eigenvalue weighted by atomic mass is 10.0. The molecule has 1 fully saturated rings. The summed E-state index contributed by atoms with van der Waals surface area (Å²) in [5, 5.41) is 8.94. The molecular weight excluding hydrogens is 238 g/mol. The average Bonchev–Trinajstić information content (AvgIpc) is 3.12. The van der Waals surface area contributed by atoms with Gasteiger partial charge in [-0.25, -0.2) is 0 Å². The summed E-state index contributed by atoms with van der Waals surface area (Å²) in [6.45, 7) is 1.06. The Labute approximate surface area is 114 Å². The zero-order valence-corrected chi connectivity index (χ0v) is 11.3. The summed E-state index contributed by atoms with van der Waals surface area (Å²) in [7, 11) is 0. The van der Waals surface area contributed by atoms with Gasteiger partial charge in [-0.2, -0.15) is 0 Å². The average molecular weight is 259 g/mol. The van der Waals surface area contributed by atoms with E-state index in [-0.39, 0.29) is 6.54 Å². The zero-order valence-electron chi connectivity index (χ0n) is 11.3. The monoisotopic (exact) mass is 259 g/mol. The third kappa shape index (κ3) is 3.16. The summed E-state index contributed by atoms with van der Waals surface area (Å²) < 4.78 is 0. The lowest BCUT2D eigenvalue weighted by molar-refractivity contribution is -0.138. The van der Waals surface area contributed by atoms with Crippen LogP contribution in [0.2, 0.25) is 0 Å². The highest BCUT2D eigenvalue weighted by Gasteiger charge is 2.29. The summed E-state index contributed by atoms with van der Waals surface area (Å²) in [5.41, 5.74) is 4.37. The molecule has 0 amide bonds. The molecule has 102 valence electrons. The number of aryl methyl sites for hydroxylation is 2. The fourth-order valence-electron chi connectivity index (χ4n) is 3.06. The molecule has 0 spiro atoms. The molecule has 0 aliphatic heterocycles. The van der Waals surface area contributed by atoms with E-state index in [1.54, 1.807) is 0 Å². The molecule has 0 heterocycles. The molecule has 1 aromatic rings. The first kappa shape index (κ1) is 12.7. The van der Waals surface area contributed by atoms with Gasteiger partial charge in [-0.3, -0.25) is 9.69 Å². The number of fused-ring (bicyclic) bond motifs is 1. The van der Waals surface area contributed by atoms with E-state index in [1.165, 1.54) is 36.0 Å². The SMILES string of the molecule is O=C(O)CN(CCc1ccc2c(c1)CCC2)C1CC1. The molecule has 2 aliphatic rings. The van der Waals surface area contributed by atoms with Crippen molar-refractivity contribution in [1.82, 2.24) is 4.90 Å². The highest BCUT2D eigenvalue weighted by molar-refractivity contribution is 5.69. The van der Waals surface area contributed by atoms with Gasteiger partial charge < -0.3 is 5.11 Å². The van der Waals surface area contributed by atoms with Crippen LogP contribution < -0.4 is 0 Å². The van der Waals surface area contributed by atoms with Crippen molar-refractivity contribution in [2.45, 2.75) is 44.6 Å². The van der Waals surface area contributed by atoms with E-state index in [2.05, 4.69) is 23.1 Å². The van der Waals surface area contributed by atoms with Gasteiger partial charge in [0, 0.05) is 12.6 Å². The summed E-state index contributed by atoms with van der Waals surface area (Å²) in [4.78, 5) is 13.0. The fourth-order valence-corrected chi connectivity index (χ4v) is 3.06. The van der Waals surface area contributed by atoms with Crippen molar-refractivity contribution in [2.75, 3.05) is 13.1 Å². The van der Waals surface area contributed by atoms with Crippen LogP contribution in [0.3, 0.4) is 0 Å². The molecule has 0 radical (unpaired) electrons. The molecule has 3 nitrogen and oxygen atoms in total. The summed E-state index contributed by atoms with van der Waals surface area (Å²) >= 11 is 0. The van der Waals surface area contributed by atoms with Gasteiger partial charge >= 0.3 is 5.97 Å². The van der Waals surface area contributed by atoms with Gasteiger partial charge in [0.15, 0.2) is 0 Å². The van der Waals surface area contributed by atoms with Crippen LogP contribution in [0, 0.1) is 0 Å². The minimum absolute atomic E-state index is 0.190. The highest BCUT2D eigenvalue weighted by atomic mass is 16.4. The number of carboxylic acid groups (broad SMARTS) is 1. The maximum atomic E-state index is 10.9. The largest absolute Gasteiger partial charge is 0.480 e. The quantitative estimate of drug-likeness (QED) is 0.852. The van der Waals surface area contributed by atoms with Crippen LogP contribution in [-0.4, -0.2) is 35.1 Å². The maximum Gasteiger partial charge on any atom is 0.317 e. The number of aliphatic carboxylic acids is 1. The van der Waals surface area contributed by atoms with E-state index >= 15 is 0 Å². The molecule has 0 saturated heterocycles. The molecule has 0 atom stereocenters. The lowest BCUT2D eigenvalue weighted by Gasteiger charge is -2.19. The van der Waals surface area contributed by atoms with E-state index in [9.17, 15) is 4.79 Å². The molecule has 0 aromatic heterocycles. The van der Waals surface area contributed by atoms with Gasteiger partial charge in [0.2, 0.25) is 0 Å². The molecule has 0 unspecified atom stereocenters. The van der Waals surface area contributed by atoms with E-state index in [4.69, 9.17) is 5.11 Å². The van der Waals surface area contributed by atoms with Gasteiger partial charge in [0.05, 0.1) is 6.54 Å². The molecule has 1 saturated carbocycles. The summed E-state index contributed by atoms with van der Waals surface area (Å²) in [6.07, 6.45) is 7.02. The second kappa shape index (κ2) is 5.33. The van der Waals surface area contributed by atoms with Crippen LogP contribution in [-0.2, 0) is 24.1 Å². The Morgan fingerprint density at radius 2 is 2.05 bits per heavy atom. The summed E-state index contributed by atoms with van der Waals surface area (Å²) in [6, 6.07) is 7.33. The number of nitrogens with zero attached hydrogens (tertiary/aromatic N) is 1. The van der Waals surface area contributed by atoms with Crippen LogP contribution in [0.15, 0.2) is 18.2 Å². The first-order chi connectivity index (χ1) is 9.22. The van der Waals surface area contributed by atoms with Gasteiger partial charge in [0.1, 0.15) is 0 Å². The zero-order chi connectivity index (χ0) is 13.2. The fraction of sp³-hybridized carbons (Fsp3) is 0.562. The van der Waals surface area contributed by atoms with Crippen LogP contribution in [0.4, 0.5) is 0 Å². The van der Waals surface area contributed by atoms with Crippen molar-refractivity contribution >= 4 is 5.97 Å². The van der Waals surface area contributed by atoms with Gasteiger partial charge in [-0.1, -0.05) is 18.2 Å². The van der Waals surface area contributed by atoms with E-state index in [0.29, 0.717) is 6.04 Å². The Morgan fingerprint density at radius 3 is 2.79 bits per heavy atom. The van der Waals surface area contributed by atoms with Gasteiger partial charge in [0.25, 0.3) is 0 Å². The Kier molecular flexibility index (Phi) is 3.56. The van der Waals surface area contributed by atoms with Crippen molar-refractivity contribution < 1.29 is 9.90 Å². The molecule has 0 bridgehead atoms. The normalized spacial score (nSPS) is 17.7. The number of hydrogen-bond acceptors (Lipinski definition) is 2. The number of benzene rings is 1. The second-order valence-corrected chi connectivity index (χ2v) is 5.80. The molecule has 3 rings (SSSR count). The van der Waals surface area contributed by atoms with Gasteiger partial charge in [-0.05, 0) is 55.2 Å². The van der Waals surface area contributed by atoms with Crippen molar-refractivity contribution in [2.24, 2.45) is 0 Å². The minimum Gasteiger partial charge on any atom is -0.480 e. The molecule has 19 heavy (non-hydrogen) atoms.